The van der Waals surface area contributed by atoms with Crippen LogP contribution in [-0.2, 0) is 9.59 Å². The van der Waals surface area contributed by atoms with E-state index in [1.165, 1.54) is 12.2 Å². The van der Waals surface area contributed by atoms with Crippen molar-refractivity contribution in [1.82, 2.24) is 9.80 Å². The molecule has 0 atom stereocenters. The van der Waals surface area contributed by atoms with Gasteiger partial charge in [-0.15, -0.1) is 0 Å². The molecule has 0 saturated carbocycles. The molecule has 2 aromatic carbocycles. The summed E-state index contributed by atoms with van der Waals surface area (Å²) in [6.45, 7) is 4.78. The minimum atomic E-state index is -1.56. The van der Waals surface area contributed by atoms with Crippen molar-refractivity contribution in [3.63, 3.8) is 0 Å². The predicted molar refractivity (Wildman–Crippen MR) is 131 cm³/mol. The summed E-state index contributed by atoms with van der Waals surface area (Å²) in [6, 6.07) is 9.48. The number of para-hydroxylation sites is 1. The summed E-state index contributed by atoms with van der Waals surface area (Å²) >= 11 is 0. The zero-order chi connectivity index (χ0) is 25.7. The van der Waals surface area contributed by atoms with Crippen molar-refractivity contribution in [2.45, 2.75) is 26.2 Å². The second-order valence-electron chi connectivity index (χ2n) is 9.24. The molecule has 0 aliphatic carbocycles. The molecule has 190 valence electrons. The number of nitrogens with zero attached hydrogens (tertiary/aromatic N) is 2. The first kappa shape index (κ1) is 25.5. The molecule has 0 aromatic heterocycles. The van der Waals surface area contributed by atoms with E-state index in [1.807, 2.05) is 36.1 Å². The summed E-state index contributed by atoms with van der Waals surface area (Å²) < 4.78 is 46.0. The standard InChI is InChI=1S/C28H29F3N2O3/c1-2-36-23-6-4-3-5-20(23)8-11-24(34)32-16-13-28(14-17-32)15-18-33(19-28)25(35)12-9-21-7-10-22(29)27(31)26(21)30/h3-12H,2,13-19H2,1H3. The molecule has 8 heteroatoms. The van der Waals surface area contributed by atoms with Crippen LogP contribution >= 0.6 is 0 Å². The van der Waals surface area contributed by atoms with Crippen molar-refractivity contribution in [3.8, 4) is 5.75 Å². The topological polar surface area (TPSA) is 49.9 Å². The van der Waals surface area contributed by atoms with Gasteiger partial charge in [-0.1, -0.05) is 18.2 Å². The number of amides is 2. The SMILES string of the molecule is CCOc1ccccc1C=CC(=O)N1CCC2(CC1)CCN(C(=O)C=Cc1ccc(F)c(F)c1F)C2. The summed E-state index contributed by atoms with van der Waals surface area (Å²) in [5, 5.41) is 0. The third-order valence-electron chi connectivity index (χ3n) is 6.98. The van der Waals surface area contributed by atoms with Crippen molar-refractivity contribution < 1.29 is 27.5 Å². The van der Waals surface area contributed by atoms with E-state index >= 15 is 0 Å². The second kappa shape index (κ2) is 11.0. The van der Waals surface area contributed by atoms with Gasteiger partial charge in [0.2, 0.25) is 11.8 Å². The van der Waals surface area contributed by atoms with Gasteiger partial charge in [0.15, 0.2) is 17.5 Å². The number of benzene rings is 2. The minimum Gasteiger partial charge on any atom is -0.493 e. The Kier molecular flexibility index (Phi) is 7.82. The molecule has 2 saturated heterocycles. The van der Waals surface area contributed by atoms with Crippen molar-refractivity contribution in [1.29, 1.82) is 0 Å². The van der Waals surface area contributed by atoms with Crippen LogP contribution in [0.3, 0.4) is 0 Å². The molecule has 2 amide bonds. The average molecular weight is 499 g/mol. The molecule has 0 unspecified atom stereocenters. The summed E-state index contributed by atoms with van der Waals surface area (Å²) in [6.07, 6.45) is 8.10. The van der Waals surface area contributed by atoms with Crippen molar-refractivity contribution >= 4 is 24.0 Å². The smallest absolute Gasteiger partial charge is 0.246 e. The molecule has 36 heavy (non-hydrogen) atoms. The molecule has 4 rings (SSSR count). The highest BCUT2D eigenvalue weighted by atomic mass is 19.2. The summed E-state index contributed by atoms with van der Waals surface area (Å²) in [5.41, 5.74) is 0.612. The van der Waals surface area contributed by atoms with Gasteiger partial charge < -0.3 is 14.5 Å². The molecule has 0 N–H and O–H groups in total. The summed E-state index contributed by atoms with van der Waals surface area (Å²) in [5.74, 6) is -3.76. The monoisotopic (exact) mass is 498 g/mol. The van der Waals surface area contributed by atoms with E-state index in [9.17, 15) is 22.8 Å². The summed E-state index contributed by atoms with van der Waals surface area (Å²) in [4.78, 5) is 28.9. The maximum atomic E-state index is 13.8. The Morgan fingerprint density at radius 2 is 1.47 bits per heavy atom. The largest absolute Gasteiger partial charge is 0.493 e. The van der Waals surface area contributed by atoms with Gasteiger partial charge in [-0.3, -0.25) is 9.59 Å². The number of carbonyl (C=O) groups excluding carboxylic acids is 2. The molecule has 2 fully saturated rings. The minimum absolute atomic E-state index is 0.0568. The van der Waals surface area contributed by atoms with Gasteiger partial charge in [-0.25, -0.2) is 13.2 Å². The third kappa shape index (κ3) is 5.64. The van der Waals surface area contributed by atoms with Crippen LogP contribution in [0.1, 0.15) is 37.3 Å². The molecule has 1 spiro atoms. The van der Waals surface area contributed by atoms with Crippen LogP contribution in [0.5, 0.6) is 5.75 Å². The fourth-order valence-electron chi connectivity index (χ4n) is 4.84. The lowest BCUT2D eigenvalue weighted by atomic mass is 9.78. The Bertz CT molecular complexity index is 1190. The van der Waals surface area contributed by atoms with Crippen molar-refractivity contribution in [2.24, 2.45) is 5.41 Å². The number of carbonyl (C=O) groups is 2. The fourth-order valence-corrected chi connectivity index (χ4v) is 4.84. The van der Waals surface area contributed by atoms with Crippen molar-refractivity contribution in [2.75, 3.05) is 32.8 Å². The molecule has 2 heterocycles. The zero-order valence-corrected chi connectivity index (χ0v) is 20.2. The van der Waals surface area contributed by atoms with Gasteiger partial charge in [0.1, 0.15) is 5.75 Å². The second-order valence-corrected chi connectivity index (χ2v) is 9.24. The van der Waals surface area contributed by atoms with Crippen LogP contribution < -0.4 is 4.74 Å². The average Bonchev–Trinajstić information content (AvgIpc) is 3.30. The highest BCUT2D eigenvalue weighted by Crippen LogP contribution is 2.40. The number of hydrogen-bond donors (Lipinski definition) is 0. The van der Waals surface area contributed by atoms with E-state index in [2.05, 4.69) is 0 Å². The first-order valence-electron chi connectivity index (χ1n) is 12.1. The van der Waals surface area contributed by atoms with E-state index in [0.29, 0.717) is 32.8 Å². The number of rotatable bonds is 6. The third-order valence-corrected chi connectivity index (χ3v) is 6.98. The summed E-state index contributed by atoms with van der Waals surface area (Å²) in [7, 11) is 0. The fraction of sp³-hybridized carbons (Fsp3) is 0.357. The number of hydrogen-bond acceptors (Lipinski definition) is 3. The van der Waals surface area contributed by atoms with Crippen LogP contribution in [-0.4, -0.2) is 54.4 Å². The molecular weight excluding hydrogens is 469 g/mol. The van der Waals surface area contributed by atoms with E-state index < -0.39 is 17.5 Å². The quantitative estimate of drug-likeness (QED) is 0.413. The Morgan fingerprint density at radius 1 is 0.861 bits per heavy atom. The van der Waals surface area contributed by atoms with Gasteiger partial charge in [0.25, 0.3) is 0 Å². The number of piperidine rings is 1. The normalized spacial score (nSPS) is 17.4. The van der Waals surface area contributed by atoms with E-state index in [4.69, 9.17) is 4.74 Å². The predicted octanol–water partition coefficient (Wildman–Crippen LogP) is 5.07. The first-order valence-corrected chi connectivity index (χ1v) is 12.1. The molecule has 2 aliphatic rings. The molecule has 5 nitrogen and oxygen atoms in total. The highest BCUT2D eigenvalue weighted by molar-refractivity contribution is 5.93. The maximum absolute atomic E-state index is 13.8. The van der Waals surface area contributed by atoms with Gasteiger partial charge >= 0.3 is 0 Å². The molecule has 2 aliphatic heterocycles. The Labute approximate surface area is 208 Å². The van der Waals surface area contributed by atoms with Crippen LogP contribution in [0.4, 0.5) is 13.2 Å². The molecular formula is C28H29F3N2O3. The van der Waals surface area contributed by atoms with Gasteiger partial charge in [-0.05, 0) is 62.0 Å². The Hall–Kier alpha value is -3.55. The number of halogens is 3. The molecule has 2 aromatic rings. The lowest BCUT2D eigenvalue weighted by molar-refractivity contribution is -0.129. The lowest BCUT2D eigenvalue weighted by Gasteiger charge is -2.38. The maximum Gasteiger partial charge on any atom is 0.246 e. The Balaban J connectivity index is 1.31. The van der Waals surface area contributed by atoms with Crippen LogP contribution in [0, 0.1) is 22.9 Å². The van der Waals surface area contributed by atoms with Gasteiger partial charge in [0.05, 0.1) is 6.61 Å². The lowest BCUT2D eigenvalue weighted by Crippen LogP contribution is -2.44. The van der Waals surface area contributed by atoms with Gasteiger partial charge in [-0.2, -0.15) is 0 Å². The van der Waals surface area contributed by atoms with Crippen molar-refractivity contribution in [3.05, 3.63) is 77.1 Å². The number of likely N-dealkylation sites (tertiary alicyclic amines) is 2. The van der Waals surface area contributed by atoms with Crippen LogP contribution in [0.25, 0.3) is 12.2 Å². The van der Waals surface area contributed by atoms with Crippen LogP contribution in [0.2, 0.25) is 0 Å². The van der Waals surface area contributed by atoms with E-state index in [-0.39, 0.29) is 22.8 Å². The van der Waals surface area contributed by atoms with E-state index in [0.717, 1.165) is 42.7 Å². The Morgan fingerprint density at radius 3 is 2.17 bits per heavy atom. The first-order chi connectivity index (χ1) is 17.3. The number of ether oxygens (including phenoxy) is 1. The van der Waals surface area contributed by atoms with Gasteiger partial charge in [0, 0.05) is 49.5 Å². The molecule has 0 bridgehead atoms. The highest BCUT2D eigenvalue weighted by Gasteiger charge is 2.42. The molecule has 0 radical (unpaired) electrons. The zero-order valence-electron chi connectivity index (χ0n) is 20.2. The van der Waals surface area contributed by atoms with E-state index in [1.54, 1.807) is 17.1 Å². The van der Waals surface area contributed by atoms with Crippen LogP contribution in [0.15, 0.2) is 48.6 Å².